The summed E-state index contributed by atoms with van der Waals surface area (Å²) >= 11 is 6.35. The van der Waals surface area contributed by atoms with E-state index < -0.39 is 0 Å². The highest BCUT2D eigenvalue weighted by molar-refractivity contribution is 6.31. The first-order chi connectivity index (χ1) is 14.2. The topological polar surface area (TPSA) is 73.9 Å². The molecule has 0 amide bonds. The van der Waals surface area contributed by atoms with Crippen molar-refractivity contribution in [3.8, 4) is 5.82 Å². The summed E-state index contributed by atoms with van der Waals surface area (Å²) < 4.78 is 9.23. The molecule has 0 radical (unpaired) electrons. The monoisotopic (exact) mass is 409 g/mol. The summed E-state index contributed by atoms with van der Waals surface area (Å²) in [5, 5.41) is 9.45. The molecule has 4 aromatic rings. The Balaban J connectivity index is 1.65. The lowest BCUT2D eigenvalue weighted by molar-refractivity contribution is 0.122. The molecule has 0 saturated carbocycles. The van der Waals surface area contributed by atoms with Gasteiger partial charge in [0.1, 0.15) is 0 Å². The molecule has 1 saturated heterocycles. The molecule has 1 aliphatic heterocycles. The number of aryl methyl sites for hydroxylation is 1. The fraction of sp³-hybridized carbons (Fsp3) is 0.300. The lowest BCUT2D eigenvalue weighted by atomic mass is 10.2. The van der Waals surface area contributed by atoms with Gasteiger partial charge in [0.25, 0.3) is 0 Å². The van der Waals surface area contributed by atoms with Gasteiger partial charge in [-0.25, -0.2) is 4.68 Å². The van der Waals surface area contributed by atoms with Crippen molar-refractivity contribution in [1.82, 2.24) is 29.5 Å². The smallest absolute Gasteiger partial charge is 0.229 e. The fourth-order valence-electron chi connectivity index (χ4n) is 3.45. The summed E-state index contributed by atoms with van der Waals surface area (Å²) in [6.45, 7) is 5.36. The van der Waals surface area contributed by atoms with Gasteiger partial charge < -0.3 is 14.2 Å². The highest BCUT2D eigenvalue weighted by Gasteiger charge is 2.21. The molecule has 1 aliphatic rings. The van der Waals surface area contributed by atoms with Gasteiger partial charge in [0.05, 0.1) is 19.8 Å². The molecule has 0 spiro atoms. The third-order valence-corrected chi connectivity index (χ3v) is 5.36. The Bertz CT molecular complexity index is 1160. The molecule has 0 bridgehead atoms. The number of morpholine rings is 1. The van der Waals surface area contributed by atoms with E-state index in [0.717, 1.165) is 30.0 Å². The van der Waals surface area contributed by atoms with E-state index in [9.17, 15) is 0 Å². The molecule has 1 aromatic carbocycles. The molecule has 0 aliphatic carbocycles. The second-order valence-corrected chi connectivity index (χ2v) is 7.46. The maximum Gasteiger partial charge on any atom is 0.229 e. The minimum atomic E-state index is 0.486. The Morgan fingerprint density at radius 1 is 1.10 bits per heavy atom. The van der Waals surface area contributed by atoms with Crippen molar-refractivity contribution >= 4 is 28.7 Å². The molecule has 9 heteroatoms. The molecule has 5 rings (SSSR count). The average molecular weight is 410 g/mol. The van der Waals surface area contributed by atoms with E-state index in [1.807, 2.05) is 54.2 Å². The Morgan fingerprint density at radius 2 is 1.93 bits per heavy atom. The molecule has 148 valence electrons. The van der Waals surface area contributed by atoms with Crippen LogP contribution >= 0.6 is 11.6 Å². The van der Waals surface area contributed by atoms with Gasteiger partial charge in [-0.15, -0.1) is 5.10 Å². The van der Waals surface area contributed by atoms with Crippen molar-refractivity contribution in [3.63, 3.8) is 0 Å². The van der Waals surface area contributed by atoms with Crippen molar-refractivity contribution in [2.24, 2.45) is 0 Å². The molecule has 0 unspecified atom stereocenters. The van der Waals surface area contributed by atoms with Gasteiger partial charge in [-0.1, -0.05) is 35.0 Å². The van der Waals surface area contributed by atoms with Crippen LogP contribution in [0, 0.1) is 6.92 Å². The predicted octanol–water partition coefficient (Wildman–Crippen LogP) is 2.86. The van der Waals surface area contributed by atoms with Crippen LogP contribution in [0.15, 0.2) is 42.7 Å². The van der Waals surface area contributed by atoms with Gasteiger partial charge in [-0.05, 0) is 30.2 Å². The van der Waals surface area contributed by atoms with Crippen LogP contribution in [-0.4, -0.2) is 55.8 Å². The number of ether oxygens (including phenoxy) is 1. The molecule has 0 atom stereocenters. The molecule has 0 N–H and O–H groups in total. The first-order valence-corrected chi connectivity index (χ1v) is 9.89. The van der Waals surface area contributed by atoms with Crippen molar-refractivity contribution in [1.29, 1.82) is 0 Å². The van der Waals surface area contributed by atoms with Gasteiger partial charge in [0.2, 0.25) is 5.95 Å². The van der Waals surface area contributed by atoms with Crippen molar-refractivity contribution in [2.45, 2.75) is 13.5 Å². The normalized spacial score (nSPS) is 14.6. The van der Waals surface area contributed by atoms with E-state index in [1.54, 1.807) is 4.68 Å². The standard InChI is InChI=1S/C20H20ClN7O/c1-14-6-7-27(12-14)18-17-19(23-20(22-18)26-8-10-29-11-9-26)28(25-24-17)13-15-4-2-3-5-16(15)21/h2-7,12H,8-11,13H2,1H3. The predicted molar refractivity (Wildman–Crippen MR) is 111 cm³/mol. The second kappa shape index (κ2) is 7.46. The quantitative estimate of drug-likeness (QED) is 0.516. The van der Waals surface area contributed by atoms with E-state index >= 15 is 0 Å². The zero-order valence-corrected chi connectivity index (χ0v) is 16.7. The van der Waals surface area contributed by atoms with E-state index in [1.165, 1.54) is 0 Å². The number of anilines is 1. The van der Waals surface area contributed by atoms with Crippen LogP contribution in [0.2, 0.25) is 5.02 Å². The lowest BCUT2D eigenvalue weighted by Crippen LogP contribution is -2.37. The molecule has 29 heavy (non-hydrogen) atoms. The number of aromatic nitrogens is 6. The SMILES string of the molecule is Cc1ccn(-c2nc(N3CCOCC3)nc3c2nnn3Cc2ccccc2Cl)c1. The van der Waals surface area contributed by atoms with Gasteiger partial charge in [0.15, 0.2) is 17.0 Å². The van der Waals surface area contributed by atoms with Gasteiger partial charge in [-0.2, -0.15) is 9.97 Å². The van der Waals surface area contributed by atoms with Crippen molar-refractivity contribution in [3.05, 3.63) is 58.9 Å². The van der Waals surface area contributed by atoms with Crippen LogP contribution < -0.4 is 4.90 Å². The zero-order valence-electron chi connectivity index (χ0n) is 16.0. The summed E-state index contributed by atoms with van der Waals surface area (Å²) in [6.07, 6.45) is 4.01. The maximum absolute atomic E-state index is 6.35. The first kappa shape index (κ1) is 18.1. The minimum Gasteiger partial charge on any atom is -0.378 e. The number of hydrogen-bond donors (Lipinski definition) is 0. The van der Waals surface area contributed by atoms with E-state index in [0.29, 0.717) is 41.9 Å². The Hall–Kier alpha value is -2.97. The van der Waals surface area contributed by atoms with Gasteiger partial charge in [0, 0.05) is 30.5 Å². The van der Waals surface area contributed by atoms with Crippen LogP contribution in [0.5, 0.6) is 0 Å². The van der Waals surface area contributed by atoms with Gasteiger partial charge in [-0.3, -0.25) is 0 Å². The number of benzene rings is 1. The third kappa shape index (κ3) is 3.45. The van der Waals surface area contributed by atoms with Crippen LogP contribution in [-0.2, 0) is 11.3 Å². The Labute approximate surface area is 172 Å². The molecular weight excluding hydrogens is 390 g/mol. The largest absolute Gasteiger partial charge is 0.378 e. The highest BCUT2D eigenvalue weighted by Crippen LogP contribution is 2.24. The Kier molecular flexibility index (Phi) is 4.65. The molecular formula is C20H20ClN7O. The minimum absolute atomic E-state index is 0.486. The number of halogens is 1. The van der Waals surface area contributed by atoms with Crippen LogP contribution in [0.4, 0.5) is 5.95 Å². The van der Waals surface area contributed by atoms with Crippen molar-refractivity contribution < 1.29 is 4.74 Å². The van der Waals surface area contributed by atoms with Gasteiger partial charge >= 0.3 is 0 Å². The summed E-state index contributed by atoms with van der Waals surface area (Å²) in [5.74, 6) is 1.37. The van der Waals surface area contributed by atoms with Crippen molar-refractivity contribution in [2.75, 3.05) is 31.2 Å². The average Bonchev–Trinajstić information content (AvgIpc) is 3.36. The van der Waals surface area contributed by atoms with Crippen LogP contribution in [0.25, 0.3) is 17.0 Å². The summed E-state index contributed by atoms with van der Waals surface area (Å²) in [4.78, 5) is 11.8. The summed E-state index contributed by atoms with van der Waals surface area (Å²) in [6, 6.07) is 9.77. The number of rotatable bonds is 4. The fourth-order valence-corrected chi connectivity index (χ4v) is 3.64. The molecule has 8 nitrogen and oxygen atoms in total. The molecule has 3 aromatic heterocycles. The Morgan fingerprint density at radius 3 is 2.69 bits per heavy atom. The molecule has 1 fully saturated rings. The first-order valence-electron chi connectivity index (χ1n) is 9.51. The van der Waals surface area contributed by atoms with E-state index in [2.05, 4.69) is 15.2 Å². The summed E-state index contributed by atoms with van der Waals surface area (Å²) in [7, 11) is 0. The zero-order chi connectivity index (χ0) is 19.8. The second-order valence-electron chi connectivity index (χ2n) is 7.05. The lowest BCUT2D eigenvalue weighted by Gasteiger charge is -2.27. The molecule has 4 heterocycles. The highest BCUT2D eigenvalue weighted by atomic mass is 35.5. The maximum atomic E-state index is 6.35. The third-order valence-electron chi connectivity index (χ3n) is 4.99. The number of hydrogen-bond acceptors (Lipinski definition) is 6. The number of nitrogens with zero attached hydrogens (tertiary/aromatic N) is 7. The number of fused-ring (bicyclic) bond motifs is 1. The van der Waals surface area contributed by atoms with Crippen LogP contribution in [0.1, 0.15) is 11.1 Å². The van der Waals surface area contributed by atoms with Crippen LogP contribution in [0.3, 0.4) is 0 Å². The van der Waals surface area contributed by atoms with E-state index in [4.69, 9.17) is 26.3 Å². The van der Waals surface area contributed by atoms with E-state index in [-0.39, 0.29) is 0 Å². The summed E-state index contributed by atoms with van der Waals surface area (Å²) in [5.41, 5.74) is 3.45.